The van der Waals surface area contributed by atoms with E-state index in [0.717, 1.165) is 28.1 Å². The highest BCUT2D eigenvalue weighted by atomic mass is 16.3. The zero-order valence-corrected chi connectivity index (χ0v) is 21.8. The molecule has 2 aliphatic rings. The number of nitrogens with zero attached hydrogens (tertiary/aromatic N) is 5. The molecule has 4 aromatic rings. The summed E-state index contributed by atoms with van der Waals surface area (Å²) in [5.41, 5.74) is 5.77. The Kier molecular flexibility index (Phi) is 6.89. The highest BCUT2D eigenvalue weighted by Crippen LogP contribution is 2.30. The molecule has 0 saturated carbocycles. The first-order chi connectivity index (χ1) is 19.6. The number of fused-ring (bicyclic) bond motifs is 1. The molecule has 8 heteroatoms. The first kappa shape index (κ1) is 25.2. The highest BCUT2D eigenvalue weighted by molar-refractivity contribution is 6.18. The maximum atomic E-state index is 14.0. The standard InChI is InChI=1S/C32H27N5O3/c38-25-11-9-23(10-12-25)28-19-26(30-27(34-21-29(30)35-28)13-8-22-5-2-1-3-6-22)32(40)37-17-15-36(16-18-37)31(39)24-7-4-14-33-20-24/h1-14,19-20,38H,15-18,21H2/b13-8+. The van der Waals surface area contributed by atoms with E-state index in [1.807, 2.05) is 48.6 Å². The Bertz CT molecular complexity index is 1610. The number of hydrogen-bond acceptors (Lipinski definition) is 6. The topological polar surface area (TPSA) is 99.0 Å². The largest absolute Gasteiger partial charge is 0.508 e. The lowest BCUT2D eigenvalue weighted by atomic mass is 9.98. The number of carbonyl (C=O) groups is 2. The van der Waals surface area contributed by atoms with Gasteiger partial charge in [0, 0.05) is 49.7 Å². The van der Waals surface area contributed by atoms with Crippen LogP contribution in [0, 0.1) is 0 Å². The third-order valence-corrected chi connectivity index (χ3v) is 7.14. The van der Waals surface area contributed by atoms with Crippen molar-refractivity contribution in [3.8, 4) is 17.0 Å². The number of benzene rings is 2. The summed E-state index contributed by atoms with van der Waals surface area (Å²) in [6, 6.07) is 22.0. The summed E-state index contributed by atoms with van der Waals surface area (Å²) in [6.45, 7) is 2.09. The second-order valence-corrected chi connectivity index (χ2v) is 9.70. The van der Waals surface area contributed by atoms with Crippen LogP contribution in [0.2, 0.25) is 0 Å². The second-order valence-electron chi connectivity index (χ2n) is 9.70. The summed E-state index contributed by atoms with van der Waals surface area (Å²) in [7, 11) is 0. The van der Waals surface area contributed by atoms with Gasteiger partial charge in [-0.25, -0.2) is 0 Å². The molecule has 0 atom stereocenters. The molecule has 40 heavy (non-hydrogen) atoms. The minimum atomic E-state index is -0.116. The summed E-state index contributed by atoms with van der Waals surface area (Å²) in [4.78, 5) is 44.1. The fourth-order valence-corrected chi connectivity index (χ4v) is 5.02. The molecular weight excluding hydrogens is 502 g/mol. The van der Waals surface area contributed by atoms with Crippen LogP contribution in [0.5, 0.6) is 5.75 Å². The zero-order valence-electron chi connectivity index (χ0n) is 21.8. The molecule has 0 bridgehead atoms. The van der Waals surface area contributed by atoms with Crippen molar-refractivity contribution in [2.75, 3.05) is 26.2 Å². The van der Waals surface area contributed by atoms with Crippen LogP contribution in [0.25, 0.3) is 17.3 Å². The van der Waals surface area contributed by atoms with Crippen LogP contribution in [-0.2, 0) is 6.54 Å². The molecule has 2 aromatic carbocycles. The minimum absolute atomic E-state index is 0.0833. The first-order valence-corrected chi connectivity index (χ1v) is 13.2. The predicted molar refractivity (Wildman–Crippen MR) is 153 cm³/mol. The number of allylic oxidation sites excluding steroid dienone is 1. The normalized spacial score (nSPS) is 14.8. The molecule has 1 N–H and O–H groups in total. The highest BCUT2D eigenvalue weighted by Gasteiger charge is 2.30. The lowest BCUT2D eigenvalue weighted by molar-refractivity contribution is 0.0535. The third kappa shape index (κ3) is 5.11. The fourth-order valence-electron chi connectivity index (χ4n) is 5.02. The van der Waals surface area contributed by atoms with E-state index in [0.29, 0.717) is 49.5 Å². The fraction of sp³-hybridized carbons (Fsp3) is 0.156. The Morgan fingerprint density at radius 2 is 1.55 bits per heavy atom. The monoisotopic (exact) mass is 529 g/mol. The maximum Gasteiger partial charge on any atom is 0.255 e. The van der Waals surface area contributed by atoms with Crippen molar-refractivity contribution in [2.24, 2.45) is 4.99 Å². The third-order valence-electron chi connectivity index (χ3n) is 7.14. The van der Waals surface area contributed by atoms with Crippen LogP contribution in [0.3, 0.4) is 0 Å². The van der Waals surface area contributed by atoms with Gasteiger partial charge in [-0.15, -0.1) is 0 Å². The van der Waals surface area contributed by atoms with E-state index in [-0.39, 0.29) is 17.6 Å². The molecule has 0 spiro atoms. The Balaban J connectivity index is 1.30. The summed E-state index contributed by atoms with van der Waals surface area (Å²) < 4.78 is 0. The van der Waals surface area contributed by atoms with E-state index in [1.54, 1.807) is 58.6 Å². The van der Waals surface area contributed by atoms with Crippen LogP contribution in [0.15, 0.2) is 96.3 Å². The Labute approximate surface area is 232 Å². The molecule has 2 aliphatic heterocycles. The summed E-state index contributed by atoms with van der Waals surface area (Å²) >= 11 is 0. The molecule has 2 amide bonds. The molecule has 0 radical (unpaired) electrons. The van der Waals surface area contributed by atoms with Crippen molar-refractivity contribution in [1.82, 2.24) is 19.8 Å². The van der Waals surface area contributed by atoms with Gasteiger partial charge in [0.05, 0.1) is 34.8 Å². The molecule has 8 nitrogen and oxygen atoms in total. The second kappa shape index (κ2) is 10.9. The molecule has 4 heterocycles. The van der Waals surface area contributed by atoms with Gasteiger partial charge in [-0.1, -0.05) is 36.4 Å². The number of aromatic hydroxyl groups is 1. The van der Waals surface area contributed by atoms with Gasteiger partial charge in [0.25, 0.3) is 11.8 Å². The molecule has 6 rings (SSSR count). The number of amides is 2. The average Bonchev–Trinajstić information content (AvgIpc) is 3.43. The van der Waals surface area contributed by atoms with Gasteiger partial charge in [-0.05, 0) is 54.1 Å². The molecule has 1 fully saturated rings. The van der Waals surface area contributed by atoms with Crippen LogP contribution in [0.4, 0.5) is 0 Å². The van der Waals surface area contributed by atoms with Crippen molar-refractivity contribution >= 4 is 23.6 Å². The van der Waals surface area contributed by atoms with Gasteiger partial charge < -0.3 is 14.9 Å². The number of phenols is 1. The number of aliphatic imine (C=N–C) groups is 1. The summed E-state index contributed by atoms with van der Waals surface area (Å²) in [5.74, 6) is -0.0356. The SMILES string of the molecule is O=C(c1cccnc1)N1CCN(C(=O)c2cc(-c3ccc(O)cc3)nc3c2C(/C=C/c2ccccc2)=NC3)CC1. The smallest absolute Gasteiger partial charge is 0.255 e. The minimum Gasteiger partial charge on any atom is -0.508 e. The van der Waals surface area contributed by atoms with Crippen molar-refractivity contribution in [2.45, 2.75) is 6.54 Å². The van der Waals surface area contributed by atoms with Gasteiger partial charge >= 0.3 is 0 Å². The van der Waals surface area contributed by atoms with E-state index in [9.17, 15) is 14.7 Å². The number of piperazine rings is 1. The van der Waals surface area contributed by atoms with Crippen molar-refractivity contribution in [1.29, 1.82) is 0 Å². The number of phenolic OH excluding ortho intramolecular Hbond substituents is 1. The van der Waals surface area contributed by atoms with Crippen LogP contribution >= 0.6 is 0 Å². The maximum absolute atomic E-state index is 14.0. The summed E-state index contributed by atoms with van der Waals surface area (Å²) in [6.07, 6.45) is 7.12. The molecule has 1 saturated heterocycles. The van der Waals surface area contributed by atoms with Gasteiger partial charge in [0.15, 0.2) is 0 Å². The lowest BCUT2D eigenvalue weighted by Gasteiger charge is -2.35. The van der Waals surface area contributed by atoms with Gasteiger partial charge in [-0.2, -0.15) is 0 Å². The number of pyridine rings is 2. The predicted octanol–water partition coefficient (Wildman–Crippen LogP) is 4.46. The molecular formula is C32H27N5O3. The molecule has 0 aliphatic carbocycles. The van der Waals surface area contributed by atoms with Crippen molar-refractivity contribution in [3.63, 3.8) is 0 Å². The quantitative estimate of drug-likeness (QED) is 0.412. The van der Waals surface area contributed by atoms with Crippen molar-refractivity contribution < 1.29 is 14.7 Å². The first-order valence-electron chi connectivity index (χ1n) is 13.2. The van der Waals surface area contributed by atoms with E-state index in [1.165, 1.54) is 0 Å². The molecule has 198 valence electrons. The van der Waals surface area contributed by atoms with E-state index in [4.69, 9.17) is 9.98 Å². The van der Waals surface area contributed by atoms with Crippen LogP contribution in [0.1, 0.15) is 37.5 Å². The Morgan fingerprint density at radius 1 is 0.825 bits per heavy atom. The van der Waals surface area contributed by atoms with Crippen molar-refractivity contribution in [3.05, 3.63) is 119 Å². The molecule has 2 aromatic heterocycles. The van der Waals surface area contributed by atoms with Gasteiger partial charge in [0.2, 0.25) is 0 Å². The zero-order chi connectivity index (χ0) is 27.5. The van der Waals surface area contributed by atoms with E-state index in [2.05, 4.69) is 4.98 Å². The van der Waals surface area contributed by atoms with Gasteiger partial charge in [0.1, 0.15) is 5.75 Å². The molecule has 0 unspecified atom stereocenters. The Hall–Kier alpha value is -5.11. The number of hydrogen-bond donors (Lipinski definition) is 1. The summed E-state index contributed by atoms with van der Waals surface area (Å²) in [5, 5.41) is 9.75. The number of rotatable bonds is 5. The number of carbonyl (C=O) groups excluding carboxylic acids is 2. The van der Waals surface area contributed by atoms with E-state index >= 15 is 0 Å². The van der Waals surface area contributed by atoms with Gasteiger partial charge in [-0.3, -0.25) is 24.5 Å². The number of aromatic nitrogens is 2. The average molecular weight is 530 g/mol. The lowest BCUT2D eigenvalue weighted by Crippen LogP contribution is -2.50. The van der Waals surface area contributed by atoms with Crippen LogP contribution < -0.4 is 0 Å². The van der Waals surface area contributed by atoms with Crippen LogP contribution in [-0.4, -0.2) is 68.6 Å². The Morgan fingerprint density at radius 3 is 2.25 bits per heavy atom. The van der Waals surface area contributed by atoms with E-state index < -0.39 is 0 Å².